The van der Waals surface area contributed by atoms with E-state index in [0.29, 0.717) is 23.3 Å². The number of aromatic hydroxyl groups is 2. The maximum atomic E-state index is 10.1. The van der Waals surface area contributed by atoms with E-state index in [0.717, 1.165) is 16.9 Å². The Hall–Kier alpha value is -3.02. The van der Waals surface area contributed by atoms with Crippen LogP contribution in [-0.2, 0) is 19.9 Å². The Bertz CT molecular complexity index is 929. The minimum atomic E-state index is -0.128. The SMILES string of the molecule is CCc1cc(/C(Cc2nc3ccccc3n2C)=N/O)c(O)cc1O. The first-order valence-electron chi connectivity index (χ1n) is 7.71. The van der Waals surface area contributed by atoms with E-state index in [1.807, 2.05) is 42.8 Å². The molecule has 6 heteroatoms. The second-order valence-corrected chi connectivity index (χ2v) is 5.65. The summed E-state index contributed by atoms with van der Waals surface area (Å²) >= 11 is 0. The number of nitrogens with zero attached hydrogens (tertiary/aromatic N) is 3. The highest BCUT2D eigenvalue weighted by Crippen LogP contribution is 2.29. The van der Waals surface area contributed by atoms with Gasteiger partial charge in [-0.25, -0.2) is 4.98 Å². The van der Waals surface area contributed by atoms with Crippen LogP contribution in [0.2, 0.25) is 0 Å². The standard InChI is InChI=1S/C18H19N3O3/c1-3-11-8-12(17(23)10-16(11)22)14(20-24)9-18-19-13-6-4-5-7-15(13)21(18)2/h4-8,10,22-24H,3,9H2,1-2H3/b20-14+. The first-order chi connectivity index (χ1) is 11.5. The van der Waals surface area contributed by atoms with Crippen molar-refractivity contribution in [1.29, 1.82) is 0 Å². The molecule has 3 N–H and O–H groups in total. The third-order valence-corrected chi connectivity index (χ3v) is 4.21. The number of para-hydroxylation sites is 2. The number of hydrogen-bond acceptors (Lipinski definition) is 5. The Kier molecular flexibility index (Phi) is 4.12. The molecule has 3 aromatic rings. The predicted octanol–water partition coefficient (Wildman–Crippen LogP) is 2.97. The van der Waals surface area contributed by atoms with Gasteiger partial charge in [-0.3, -0.25) is 0 Å². The van der Waals surface area contributed by atoms with Gasteiger partial charge in [-0.1, -0.05) is 24.2 Å². The highest BCUT2D eigenvalue weighted by molar-refractivity contribution is 6.04. The number of benzene rings is 2. The van der Waals surface area contributed by atoms with Gasteiger partial charge in [0.15, 0.2) is 0 Å². The molecule has 2 aromatic carbocycles. The predicted molar refractivity (Wildman–Crippen MR) is 91.9 cm³/mol. The number of aromatic nitrogens is 2. The molecule has 0 amide bonds. The molecule has 3 rings (SSSR count). The Morgan fingerprint density at radius 1 is 1.17 bits per heavy atom. The lowest BCUT2D eigenvalue weighted by atomic mass is 10.0. The summed E-state index contributed by atoms with van der Waals surface area (Å²) in [6, 6.07) is 10.7. The molecule has 0 atom stereocenters. The van der Waals surface area contributed by atoms with Gasteiger partial charge in [-0.2, -0.15) is 0 Å². The Labute approximate surface area is 139 Å². The molecular formula is C18H19N3O3. The van der Waals surface area contributed by atoms with Crippen molar-refractivity contribution in [3.8, 4) is 11.5 Å². The molecule has 0 saturated heterocycles. The van der Waals surface area contributed by atoms with Gasteiger partial charge in [-0.05, 0) is 30.2 Å². The number of imidazole rings is 1. The molecule has 124 valence electrons. The van der Waals surface area contributed by atoms with Crippen molar-refractivity contribution in [2.45, 2.75) is 19.8 Å². The fourth-order valence-corrected chi connectivity index (χ4v) is 2.82. The van der Waals surface area contributed by atoms with Gasteiger partial charge >= 0.3 is 0 Å². The third-order valence-electron chi connectivity index (χ3n) is 4.21. The Morgan fingerprint density at radius 2 is 1.92 bits per heavy atom. The largest absolute Gasteiger partial charge is 0.508 e. The number of aryl methyl sites for hydroxylation is 2. The van der Waals surface area contributed by atoms with Crippen molar-refractivity contribution in [2.75, 3.05) is 0 Å². The fourth-order valence-electron chi connectivity index (χ4n) is 2.82. The minimum Gasteiger partial charge on any atom is -0.508 e. The summed E-state index contributed by atoms with van der Waals surface area (Å²) < 4.78 is 1.93. The molecule has 24 heavy (non-hydrogen) atoms. The molecule has 0 bridgehead atoms. The van der Waals surface area contributed by atoms with Gasteiger partial charge in [0.1, 0.15) is 17.3 Å². The summed E-state index contributed by atoms with van der Waals surface area (Å²) in [6.45, 7) is 1.90. The van der Waals surface area contributed by atoms with Crippen molar-refractivity contribution >= 4 is 16.7 Å². The van der Waals surface area contributed by atoms with Crippen molar-refractivity contribution < 1.29 is 15.4 Å². The molecule has 0 aliphatic carbocycles. The zero-order valence-corrected chi connectivity index (χ0v) is 13.6. The van der Waals surface area contributed by atoms with Gasteiger partial charge in [0, 0.05) is 18.7 Å². The molecule has 0 spiro atoms. The first-order valence-corrected chi connectivity index (χ1v) is 7.71. The summed E-state index contributed by atoms with van der Waals surface area (Å²) in [7, 11) is 1.90. The Balaban J connectivity index is 2.02. The van der Waals surface area contributed by atoms with E-state index in [4.69, 9.17) is 0 Å². The van der Waals surface area contributed by atoms with Gasteiger partial charge in [-0.15, -0.1) is 0 Å². The van der Waals surface area contributed by atoms with Crippen LogP contribution >= 0.6 is 0 Å². The van der Waals surface area contributed by atoms with E-state index in [-0.39, 0.29) is 17.9 Å². The van der Waals surface area contributed by atoms with Crippen molar-refractivity contribution in [3.05, 3.63) is 53.3 Å². The summed E-state index contributed by atoms with van der Waals surface area (Å²) in [5, 5.41) is 32.7. The minimum absolute atomic E-state index is 0.0266. The third kappa shape index (κ3) is 2.67. The molecule has 1 aromatic heterocycles. The van der Waals surface area contributed by atoms with E-state index in [9.17, 15) is 15.4 Å². The molecule has 0 radical (unpaired) electrons. The van der Waals surface area contributed by atoms with E-state index in [1.165, 1.54) is 6.07 Å². The molecule has 1 heterocycles. The van der Waals surface area contributed by atoms with Crippen LogP contribution in [0.25, 0.3) is 11.0 Å². The maximum Gasteiger partial charge on any atom is 0.128 e. The average Bonchev–Trinajstić information content (AvgIpc) is 2.89. The monoisotopic (exact) mass is 325 g/mol. The van der Waals surface area contributed by atoms with Crippen LogP contribution in [-0.4, -0.2) is 30.7 Å². The van der Waals surface area contributed by atoms with Gasteiger partial charge in [0.2, 0.25) is 0 Å². The molecular weight excluding hydrogens is 306 g/mol. The van der Waals surface area contributed by atoms with Crippen molar-refractivity contribution in [2.24, 2.45) is 12.2 Å². The average molecular weight is 325 g/mol. The zero-order valence-electron chi connectivity index (χ0n) is 13.6. The Morgan fingerprint density at radius 3 is 2.58 bits per heavy atom. The lowest BCUT2D eigenvalue weighted by Crippen LogP contribution is -2.10. The first kappa shape index (κ1) is 15.9. The number of fused-ring (bicyclic) bond motifs is 1. The zero-order chi connectivity index (χ0) is 17.3. The highest BCUT2D eigenvalue weighted by Gasteiger charge is 2.17. The number of rotatable bonds is 4. The summed E-state index contributed by atoms with van der Waals surface area (Å²) in [6.07, 6.45) is 0.854. The molecule has 0 aliphatic rings. The number of oxime groups is 1. The molecule has 0 fully saturated rings. The summed E-state index contributed by atoms with van der Waals surface area (Å²) in [5.74, 6) is 0.615. The normalized spacial score (nSPS) is 12.0. The van der Waals surface area contributed by atoms with Crippen molar-refractivity contribution in [1.82, 2.24) is 9.55 Å². The van der Waals surface area contributed by atoms with Crippen LogP contribution in [0.3, 0.4) is 0 Å². The fraction of sp³-hybridized carbons (Fsp3) is 0.222. The number of phenols is 2. The van der Waals surface area contributed by atoms with Crippen LogP contribution in [0.4, 0.5) is 0 Å². The van der Waals surface area contributed by atoms with E-state index < -0.39 is 0 Å². The van der Waals surface area contributed by atoms with Gasteiger partial charge in [0.25, 0.3) is 0 Å². The smallest absolute Gasteiger partial charge is 0.128 e. The molecule has 0 aliphatic heterocycles. The second kappa shape index (κ2) is 6.23. The molecule has 0 saturated carbocycles. The van der Waals surface area contributed by atoms with E-state index in [1.54, 1.807) is 6.07 Å². The molecule has 6 nitrogen and oxygen atoms in total. The second-order valence-electron chi connectivity index (χ2n) is 5.65. The molecule has 0 unspecified atom stereocenters. The lowest BCUT2D eigenvalue weighted by molar-refractivity contribution is 0.318. The van der Waals surface area contributed by atoms with Crippen LogP contribution in [0.15, 0.2) is 41.6 Å². The number of hydrogen-bond donors (Lipinski definition) is 3. The van der Waals surface area contributed by atoms with E-state index >= 15 is 0 Å². The lowest BCUT2D eigenvalue weighted by Gasteiger charge is -2.10. The van der Waals surface area contributed by atoms with Gasteiger partial charge < -0.3 is 20.0 Å². The summed E-state index contributed by atoms with van der Waals surface area (Å²) in [5.41, 5.74) is 3.19. The maximum absolute atomic E-state index is 10.1. The topological polar surface area (TPSA) is 90.9 Å². The summed E-state index contributed by atoms with van der Waals surface area (Å²) in [4.78, 5) is 4.56. The van der Waals surface area contributed by atoms with Crippen LogP contribution in [0, 0.1) is 0 Å². The van der Waals surface area contributed by atoms with Crippen molar-refractivity contribution in [3.63, 3.8) is 0 Å². The van der Waals surface area contributed by atoms with Gasteiger partial charge in [0.05, 0.1) is 23.2 Å². The van der Waals surface area contributed by atoms with Crippen LogP contribution in [0.1, 0.15) is 23.9 Å². The van der Waals surface area contributed by atoms with Crippen LogP contribution < -0.4 is 0 Å². The quantitative estimate of drug-likeness (QED) is 0.391. The number of phenolic OH excluding ortho intramolecular Hbond substituents is 2. The van der Waals surface area contributed by atoms with E-state index in [2.05, 4.69) is 10.1 Å². The van der Waals surface area contributed by atoms with Crippen LogP contribution in [0.5, 0.6) is 11.5 Å². The highest BCUT2D eigenvalue weighted by atomic mass is 16.4.